The molecule has 1 aromatic heterocycles. The van der Waals surface area contributed by atoms with E-state index < -0.39 is 0 Å². The summed E-state index contributed by atoms with van der Waals surface area (Å²) in [6.07, 6.45) is 10.1. The molecule has 1 heterocycles. The van der Waals surface area contributed by atoms with Crippen molar-refractivity contribution in [1.29, 1.82) is 0 Å². The third kappa shape index (κ3) is 8.07. The molecule has 2 aliphatic carbocycles. The highest BCUT2D eigenvalue weighted by molar-refractivity contribution is 6.11. The van der Waals surface area contributed by atoms with Crippen LogP contribution < -0.4 is 9.80 Å². The molecule has 0 saturated heterocycles. The van der Waals surface area contributed by atoms with Gasteiger partial charge in [0.1, 0.15) is 11.2 Å². The van der Waals surface area contributed by atoms with Gasteiger partial charge in [-0.2, -0.15) is 0 Å². The third-order valence-electron chi connectivity index (χ3n) is 14.1. The molecule has 0 aliphatic heterocycles. The van der Waals surface area contributed by atoms with Crippen LogP contribution in [0.3, 0.4) is 0 Å². The maximum absolute atomic E-state index is 6.86. The number of rotatable bonds is 8. The van der Waals surface area contributed by atoms with Crippen molar-refractivity contribution in [2.45, 2.75) is 66.2 Å². The quantitative estimate of drug-likeness (QED) is 0.152. The smallest absolute Gasteiger partial charge is 0.136 e. The molecule has 8 aromatic carbocycles. The molecule has 0 spiro atoms. The molecular weight excluding hydrogens is 813 g/mol. The predicted octanol–water partition coefficient (Wildman–Crippen LogP) is 18.0. The molecule has 9 aromatic rings. The second-order valence-corrected chi connectivity index (χ2v) is 20.6. The SMILES string of the molecule is CC(C)(C)c1ccc(N(c2ccccc2)c2ccc3cc4c(cc3c2)oc2cc3c(cc24)CCC(N(C2=C(c4ccccc4)CC(C(C)(C)C)C=C2)c2ccccc2)=C3)c(-c2ccccc2)c1. The molecule has 0 saturated carbocycles. The van der Waals surface area contributed by atoms with Crippen molar-refractivity contribution in [3.63, 3.8) is 0 Å². The van der Waals surface area contributed by atoms with Crippen LogP contribution in [0.25, 0.3) is 55.5 Å². The molecular formula is C64H58N2O. The zero-order chi connectivity index (χ0) is 45.9. The molecule has 0 bridgehead atoms. The molecule has 67 heavy (non-hydrogen) atoms. The van der Waals surface area contributed by atoms with Gasteiger partial charge in [-0.3, -0.25) is 0 Å². The van der Waals surface area contributed by atoms with Gasteiger partial charge >= 0.3 is 0 Å². The summed E-state index contributed by atoms with van der Waals surface area (Å²) in [6, 6.07) is 66.5. The first kappa shape index (κ1) is 42.3. The van der Waals surface area contributed by atoms with E-state index in [9.17, 15) is 0 Å². The number of fused-ring (bicyclic) bond motifs is 5. The van der Waals surface area contributed by atoms with Crippen LogP contribution in [0.5, 0.6) is 0 Å². The number of aryl methyl sites for hydroxylation is 1. The number of hydrogen-bond donors (Lipinski definition) is 0. The summed E-state index contributed by atoms with van der Waals surface area (Å²) < 4.78 is 6.86. The zero-order valence-corrected chi connectivity index (χ0v) is 39.6. The molecule has 330 valence electrons. The average molecular weight is 871 g/mol. The van der Waals surface area contributed by atoms with Gasteiger partial charge < -0.3 is 14.2 Å². The van der Waals surface area contributed by atoms with E-state index in [1.54, 1.807) is 0 Å². The Bertz CT molecular complexity index is 3380. The van der Waals surface area contributed by atoms with Crippen LogP contribution in [0.1, 0.15) is 76.6 Å². The van der Waals surface area contributed by atoms with E-state index in [4.69, 9.17) is 4.42 Å². The van der Waals surface area contributed by atoms with Crippen molar-refractivity contribution in [2.75, 3.05) is 9.80 Å². The lowest BCUT2D eigenvalue weighted by atomic mass is 9.73. The van der Waals surface area contributed by atoms with Gasteiger partial charge in [0, 0.05) is 44.8 Å². The Labute approximate surface area is 396 Å². The van der Waals surface area contributed by atoms with Crippen molar-refractivity contribution < 1.29 is 4.42 Å². The van der Waals surface area contributed by atoms with Gasteiger partial charge in [-0.05, 0) is 165 Å². The van der Waals surface area contributed by atoms with Crippen LogP contribution in [0.2, 0.25) is 0 Å². The molecule has 0 amide bonds. The molecule has 1 unspecified atom stereocenters. The van der Waals surface area contributed by atoms with Crippen molar-refractivity contribution in [2.24, 2.45) is 11.3 Å². The van der Waals surface area contributed by atoms with Crippen molar-refractivity contribution >= 4 is 67.1 Å². The zero-order valence-electron chi connectivity index (χ0n) is 39.6. The van der Waals surface area contributed by atoms with Crippen molar-refractivity contribution in [1.82, 2.24) is 0 Å². The minimum Gasteiger partial charge on any atom is -0.456 e. The topological polar surface area (TPSA) is 19.6 Å². The van der Waals surface area contributed by atoms with Gasteiger partial charge in [0.2, 0.25) is 0 Å². The number of para-hydroxylation sites is 2. The average Bonchev–Trinajstić information content (AvgIpc) is 3.69. The Morgan fingerprint density at radius 3 is 1.82 bits per heavy atom. The van der Waals surface area contributed by atoms with E-state index in [1.165, 1.54) is 66.8 Å². The van der Waals surface area contributed by atoms with E-state index >= 15 is 0 Å². The molecule has 3 nitrogen and oxygen atoms in total. The van der Waals surface area contributed by atoms with Crippen molar-refractivity contribution in [3.05, 3.63) is 228 Å². The maximum Gasteiger partial charge on any atom is 0.136 e. The maximum atomic E-state index is 6.86. The highest BCUT2D eigenvalue weighted by Crippen LogP contribution is 2.47. The summed E-state index contributed by atoms with van der Waals surface area (Å²) in [5.41, 5.74) is 18.0. The standard InChI is InChI=1S/C64H58N2O/c1-63(2,3)49-29-33-59(55(41-49)43-19-11-7-12-20-43)65(51-23-15-9-16-24-51)53-31-27-45-37-57-58-38-46-28-32-54(36-48(46)40-62(58)67-61(57)39-47(45)35-53)66(52-25-17-10-18-26-52)60-34-30-50(64(4,5)6)42-56(60)44-21-13-8-14-22-44/h7-27,29-31,33-41,50H,28,32,42H2,1-6H3. The second-order valence-electron chi connectivity index (χ2n) is 20.6. The van der Waals surface area contributed by atoms with Gasteiger partial charge in [0.25, 0.3) is 0 Å². The van der Waals surface area contributed by atoms with Gasteiger partial charge in [-0.1, -0.05) is 157 Å². The van der Waals surface area contributed by atoms with Gasteiger partial charge in [-0.15, -0.1) is 0 Å². The minimum absolute atomic E-state index is 0.00819. The summed E-state index contributed by atoms with van der Waals surface area (Å²) in [4.78, 5) is 4.92. The summed E-state index contributed by atoms with van der Waals surface area (Å²) >= 11 is 0. The van der Waals surface area contributed by atoms with Crippen LogP contribution >= 0.6 is 0 Å². The molecule has 0 radical (unpaired) electrons. The van der Waals surface area contributed by atoms with E-state index in [0.717, 1.165) is 58.3 Å². The second kappa shape index (κ2) is 16.8. The minimum atomic E-state index is 0.00819. The number of furan rings is 1. The summed E-state index contributed by atoms with van der Waals surface area (Å²) in [5.74, 6) is 0.441. The first-order chi connectivity index (χ1) is 32.5. The highest BCUT2D eigenvalue weighted by Gasteiger charge is 2.31. The van der Waals surface area contributed by atoms with Crippen LogP contribution in [0.4, 0.5) is 22.7 Å². The number of benzene rings is 8. The Hall–Kier alpha value is -7.36. The predicted molar refractivity (Wildman–Crippen MR) is 285 cm³/mol. The highest BCUT2D eigenvalue weighted by atomic mass is 16.3. The Balaban J connectivity index is 1.01. The lowest BCUT2D eigenvalue weighted by molar-refractivity contribution is 0.296. The van der Waals surface area contributed by atoms with Crippen LogP contribution in [-0.2, 0) is 11.8 Å². The molecule has 3 heteroatoms. The Morgan fingerprint density at radius 2 is 1.15 bits per heavy atom. The Kier molecular flexibility index (Phi) is 10.6. The van der Waals surface area contributed by atoms with Gasteiger partial charge in [0.05, 0.1) is 5.69 Å². The fourth-order valence-corrected chi connectivity index (χ4v) is 10.3. The van der Waals surface area contributed by atoms with Crippen LogP contribution in [-0.4, -0.2) is 0 Å². The normalized spacial score (nSPS) is 15.3. The van der Waals surface area contributed by atoms with E-state index in [-0.39, 0.29) is 10.8 Å². The third-order valence-corrected chi connectivity index (χ3v) is 14.1. The van der Waals surface area contributed by atoms with Gasteiger partial charge in [0.15, 0.2) is 0 Å². The fraction of sp³-hybridized carbons (Fsp3) is 0.188. The number of nitrogens with zero attached hydrogens (tertiary/aromatic N) is 2. The van der Waals surface area contributed by atoms with E-state index in [1.807, 2.05) is 0 Å². The van der Waals surface area contributed by atoms with Crippen molar-refractivity contribution in [3.8, 4) is 11.1 Å². The van der Waals surface area contributed by atoms with Crippen LogP contribution in [0, 0.1) is 11.3 Å². The summed E-state index contributed by atoms with van der Waals surface area (Å²) in [7, 11) is 0. The largest absolute Gasteiger partial charge is 0.456 e. The number of hydrogen-bond acceptors (Lipinski definition) is 3. The fourth-order valence-electron chi connectivity index (χ4n) is 10.3. The number of allylic oxidation sites excluding steroid dienone is 4. The van der Waals surface area contributed by atoms with Crippen LogP contribution in [0.15, 0.2) is 210 Å². The lowest BCUT2D eigenvalue weighted by Crippen LogP contribution is -2.28. The summed E-state index contributed by atoms with van der Waals surface area (Å²) in [6.45, 7) is 13.9. The lowest BCUT2D eigenvalue weighted by Gasteiger charge is -2.38. The molecule has 1 atom stereocenters. The molecule has 11 rings (SSSR count). The molecule has 0 fully saturated rings. The summed E-state index contributed by atoms with van der Waals surface area (Å²) in [5, 5.41) is 4.65. The van der Waals surface area contributed by atoms with E-state index in [2.05, 4.69) is 252 Å². The number of anilines is 4. The first-order valence-corrected chi connectivity index (χ1v) is 24.0. The molecule has 2 aliphatic rings. The first-order valence-electron chi connectivity index (χ1n) is 24.0. The Morgan fingerprint density at radius 1 is 0.522 bits per heavy atom. The van der Waals surface area contributed by atoms with E-state index in [0.29, 0.717) is 5.92 Å². The van der Waals surface area contributed by atoms with Gasteiger partial charge in [-0.25, -0.2) is 0 Å². The molecule has 0 N–H and O–H groups in total. The monoisotopic (exact) mass is 870 g/mol.